The second-order valence-electron chi connectivity index (χ2n) is 7.86. The van der Waals surface area contributed by atoms with Gasteiger partial charge >= 0.3 is 6.18 Å². The summed E-state index contributed by atoms with van der Waals surface area (Å²) in [5.74, 6) is -1.42. The summed E-state index contributed by atoms with van der Waals surface area (Å²) in [6.07, 6.45) is -4.41. The molecule has 1 aliphatic heterocycles. The summed E-state index contributed by atoms with van der Waals surface area (Å²) < 4.78 is 75.1. The van der Waals surface area contributed by atoms with E-state index in [1.165, 1.54) is 18.2 Å². The fraction of sp³-hybridized carbons (Fsp3) is 0.250. The lowest BCUT2D eigenvalue weighted by Gasteiger charge is -2.29. The number of alkyl halides is 3. The highest BCUT2D eigenvalue weighted by molar-refractivity contribution is 5.71. The normalized spacial score (nSPS) is 14.9. The quantitative estimate of drug-likeness (QED) is 0.238. The minimum atomic E-state index is -4.80. The van der Waals surface area contributed by atoms with E-state index in [9.17, 15) is 27.1 Å². The maximum absolute atomic E-state index is 14.4. The molecule has 36 heavy (non-hydrogen) atoms. The molecule has 1 aromatic heterocycles. The van der Waals surface area contributed by atoms with Crippen molar-refractivity contribution in [1.29, 1.82) is 0 Å². The van der Waals surface area contributed by atoms with Crippen LogP contribution in [-0.4, -0.2) is 47.6 Å². The molecule has 1 unspecified atom stereocenters. The highest BCUT2D eigenvalue weighted by Crippen LogP contribution is 2.37. The number of ether oxygens (including phenoxy) is 1. The van der Waals surface area contributed by atoms with Gasteiger partial charge in [-0.25, -0.2) is 18.7 Å². The van der Waals surface area contributed by atoms with Crippen molar-refractivity contribution < 1.29 is 31.8 Å². The van der Waals surface area contributed by atoms with Crippen LogP contribution in [0.3, 0.4) is 0 Å². The molecule has 12 heteroatoms. The smallest absolute Gasteiger partial charge is 0.378 e. The van der Waals surface area contributed by atoms with Crippen LogP contribution >= 0.6 is 0 Å². The Bertz CT molecular complexity index is 1250. The van der Waals surface area contributed by atoms with Crippen LogP contribution in [0.25, 0.3) is 11.3 Å². The van der Waals surface area contributed by atoms with Crippen molar-refractivity contribution in [2.45, 2.75) is 12.4 Å². The van der Waals surface area contributed by atoms with Crippen LogP contribution in [0.1, 0.15) is 5.56 Å². The Balaban J connectivity index is 1.70. The van der Waals surface area contributed by atoms with Crippen molar-refractivity contribution >= 4 is 23.0 Å². The zero-order chi connectivity index (χ0) is 25.9. The van der Waals surface area contributed by atoms with Gasteiger partial charge in [0.15, 0.2) is 0 Å². The fourth-order valence-electron chi connectivity index (χ4n) is 3.64. The molecule has 1 saturated heterocycles. The third-order valence-electron chi connectivity index (χ3n) is 5.41. The molecule has 2 aromatic carbocycles. The molecule has 4 rings (SSSR count). The maximum Gasteiger partial charge on any atom is 0.419 e. The molecule has 3 aromatic rings. The Hall–Kier alpha value is -3.77. The van der Waals surface area contributed by atoms with E-state index < -0.39 is 35.3 Å². The molecule has 0 bridgehead atoms. The number of aliphatic hydroxyl groups is 1. The first-order valence-electron chi connectivity index (χ1n) is 10.9. The number of hydrogen-bond acceptors (Lipinski definition) is 7. The lowest BCUT2D eigenvalue weighted by atomic mass is 10.1. The first-order chi connectivity index (χ1) is 17.2. The number of aliphatic hydroxyl groups excluding tert-OH is 1. The summed E-state index contributed by atoms with van der Waals surface area (Å²) in [6.45, 7) is 5.23. The van der Waals surface area contributed by atoms with E-state index >= 15 is 0 Å². The van der Waals surface area contributed by atoms with Crippen molar-refractivity contribution in [1.82, 2.24) is 9.97 Å². The molecule has 0 radical (unpaired) electrons. The molecule has 1 fully saturated rings. The molecule has 0 aliphatic carbocycles. The summed E-state index contributed by atoms with van der Waals surface area (Å²) in [4.78, 5) is 9.62. The number of halogens is 5. The number of benzene rings is 2. The summed E-state index contributed by atoms with van der Waals surface area (Å²) in [5, 5.41) is 14.9. The SMILES string of the molecule is C=CC(O)Nc1cc(-c2nc(Nc3ccc(F)c(N4CCOCC4)c3)ncc2C(F)(F)F)ccc1F. The molecule has 1 aliphatic rings. The van der Waals surface area contributed by atoms with Crippen molar-refractivity contribution in [3.8, 4) is 11.3 Å². The van der Waals surface area contributed by atoms with E-state index in [0.717, 1.165) is 24.3 Å². The summed E-state index contributed by atoms with van der Waals surface area (Å²) >= 11 is 0. The Kier molecular flexibility index (Phi) is 7.36. The second-order valence-corrected chi connectivity index (χ2v) is 7.86. The molecule has 3 N–H and O–H groups in total. The van der Waals surface area contributed by atoms with Gasteiger partial charge in [0, 0.05) is 30.5 Å². The number of morpholine rings is 1. The van der Waals surface area contributed by atoms with E-state index in [1.54, 1.807) is 4.90 Å². The molecular formula is C24H22F5N5O2. The third kappa shape index (κ3) is 5.71. The summed E-state index contributed by atoms with van der Waals surface area (Å²) in [6, 6.07) is 7.35. The molecule has 190 valence electrons. The van der Waals surface area contributed by atoms with Crippen molar-refractivity contribution in [3.05, 3.63) is 72.4 Å². The minimum absolute atomic E-state index is 0.0685. The van der Waals surface area contributed by atoms with E-state index in [0.29, 0.717) is 43.9 Å². The lowest BCUT2D eigenvalue weighted by molar-refractivity contribution is -0.137. The monoisotopic (exact) mass is 507 g/mol. The van der Waals surface area contributed by atoms with Gasteiger partial charge in [0.1, 0.15) is 23.4 Å². The average Bonchev–Trinajstić information content (AvgIpc) is 2.86. The number of rotatable bonds is 7. The average molecular weight is 507 g/mol. The Labute approximate surface area is 203 Å². The minimum Gasteiger partial charge on any atom is -0.378 e. The number of nitrogens with one attached hydrogen (secondary N) is 2. The number of nitrogens with zero attached hydrogens (tertiary/aromatic N) is 3. The van der Waals surface area contributed by atoms with Gasteiger partial charge in [-0.05, 0) is 42.5 Å². The molecule has 0 saturated carbocycles. The largest absolute Gasteiger partial charge is 0.419 e. The zero-order valence-corrected chi connectivity index (χ0v) is 18.8. The van der Waals surface area contributed by atoms with Crippen LogP contribution in [0.5, 0.6) is 0 Å². The molecular weight excluding hydrogens is 485 g/mol. The highest BCUT2D eigenvalue weighted by atomic mass is 19.4. The molecule has 0 spiro atoms. The highest BCUT2D eigenvalue weighted by Gasteiger charge is 2.35. The number of anilines is 4. The fourth-order valence-corrected chi connectivity index (χ4v) is 3.64. The molecule has 7 nitrogen and oxygen atoms in total. The van der Waals surface area contributed by atoms with Gasteiger partial charge in [0.05, 0.1) is 30.3 Å². The van der Waals surface area contributed by atoms with Gasteiger partial charge in [0.2, 0.25) is 5.95 Å². The Morgan fingerprint density at radius 3 is 2.50 bits per heavy atom. The van der Waals surface area contributed by atoms with E-state index in [2.05, 4.69) is 27.2 Å². The van der Waals surface area contributed by atoms with Gasteiger partial charge < -0.3 is 25.4 Å². The summed E-state index contributed by atoms with van der Waals surface area (Å²) in [5.41, 5.74) is -1.28. The van der Waals surface area contributed by atoms with Crippen LogP contribution in [0, 0.1) is 11.6 Å². The second kappa shape index (κ2) is 10.5. The van der Waals surface area contributed by atoms with Crippen molar-refractivity contribution in [3.63, 3.8) is 0 Å². The first-order valence-corrected chi connectivity index (χ1v) is 10.9. The Morgan fingerprint density at radius 2 is 1.81 bits per heavy atom. The van der Waals surface area contributed by atoms with E-state index in [-0.39, 0.29) is 17.2 Å². The molecule has 2 heterocycles. The van der Waals surface area contributed by atoms with E-state index in [1.807, 2.05) is 0 Å². The zero-order valence-electron chi connectivity index (χ0n) is 18.8. The maximum atomic E-state index is 14.4. The number of hydrogen-bond donors (Lipinski definition) is 3. The molecule has 1 atom stereocenters. The lowest BCUT2D eigenvalue weighted by Crippen LogP contribution is -2.36. The third-order valence-corrected chi connectivity index (χ3v) is 5.41. The topological polar surface area (TPSA) is 82.5 Å². The van der Waals surface area contributed by atoms with Crippen molar-refractivity contribution in [2.24, 2.45) is 0 Å². The van der Waals surface area contributed by atoms with Crippen LogP contribution in [0.4, 0.5) is 45.0 Å². The van der Waals surface area contributed by atoms with Gasteiger partial charge in [0.25, 0.3) is 0 Å². The summed E-state index contributed by atoms with van der Waals surface area (Å²) in [7, 11) is 0. The predicted octanol–water partition coefficient (Wildman–Crippen LogP) is 4.94. The van der Waals surface area contributed by atoms with Gasteiger partial charge in [-0.2, -0.15) is 13.2 Å². The van der Waals surface area contributed by atoms with E-state index in [4.69, 9.17) is 4.74 Å². The van der Waals surface area contributed by atoms with Gasteiger partial charge in [-0.15, -0.1) is 0 Å². The first kappa shape index (κ1) is 25.3. The Morgan fingerprint density at radius 1 is 1.08 bits per heavy atom. The van der Waals surface area contributed by atoms with Crippen LogP contribution in [0.15, 0.2) is 55.3 Å². The standard InChI is InChI=1S/C24H22F5N5O2/c1-2-21(35)32-19-11-14(3-5-17(19)25)22-16(24(27,28)29)13-30-23(33-22)31-15-4-6-18(26)20(12-15)34-7-9-36-10-8-34/h2-6,11-13,21,32,35H,1,7-10H2,(H,30,31,33). The van der Waals surface area contributed by atoms with Crippen LogP contribution in [0.2, 0.25) is 0 Å². The van der Waals surface area contributed by atoms with Crippen LogP contribution in [-0.2, 0) is 10.9 Å². The molecule has 0 amide bonds. The number of aromatic nitrogens is 2. The predicted molar refractivity (Wildman–Crippen MR) is 125 cm³/mol. The van der Waals surface area contributed by atoms with Crippen LogP contribution < -0.4 is 15.5 Å². The van der Waals surface area contributed by atoms with Gasteiger partial charge in [-0.3, -0.25) is 0 Å². The van der Waals surface area contributed by atoms with Gasteiger partial charge in [-0.1, -0.05) is 6.58 Å². The van der Waals surface area contributed by atoms with Crippen molar-refractivity contribution in [2.75, 3.05) is 41.8 Å².